The first-order chi connectivity index (χ1) is 14.7. The van der Waals surface area contributed by atoms with Crippen LogP contribution >= 0.6 is 0 Å². The molecule has 9 nitrogen and oxygen atoms in total. The Labute approximate surface area is 175 Å². The number of anilines is 1. The molecule has 0 unspecified atom stereocenters. The van der Waals surface area contributed by atoms with E-state index in [1.54, 1.807) is 0 Å². The summed E-state index contributed by atoms with van der Waals surface area (Å²) in [6, 6.07) is 5.19. The van der Waals surface area contributed by atoms with Gasteiger partial charge in [-0.05, 0) is 31.9 Å². The summed E-state index contributed by atoms with van der Waals surface area (Å²) < 4.78 is 44.6. The average Bonchev–Trinajstić information content (AvgIpc) is 2.72. The number of carbonyl (C=O) groups is 1. The maximum Gasteiger partial charge on any atom is 0.451 e. The van der Waals surface area contributed by atoms with E-state index in [0.717, 1.165) is 16.9 Å². The number of hydrazine groups is 1. The Balaban J connectivity index is 1.50. The van der Waals surface area contributed by atoms with Gasteiger partial charge in [-0.2, -0.15) is 13.2 Å². The van der Waals surface area contributed by atoms with E-state index in [1.807, 2.05) is 32.0 Å². The van der Waals surface area contributed by atoms with E-state index in [9.17, 15) is 18.0 Å². The monoisotopic (exact) mass is 435 g/mol. The summed E-state index contributed by atoms with van der Waals surface area (Å²) in [5.74, 6) is -0.943. The maximum absolute atomic E-state index is 13.0. The highest BCUT2D eigenvalue weighted by Gasteiger charge is 2.36. The van der Waals surface area contributed by atoms with Crippen LogP contribution < -0.4 is 20.9 Å². The van der Waals surface area contributed by atoms with Crippen molar-refractivity contribution in [2.24, 2.45) is 0 Å². The number of hydrogen-bond donors (Lipinski definition) is 3. The van der Waals surface area contributed by atoms with Crippen LogP contribution in [0.4, 0.5) is 23.8 Å². The fourth-order valence-electron chi connectivity index (χ4n) is 2.66. The van der Waals surface area contributed by atoms with Gasteiger partial charge in [0.1, 0.15) is 5.75 Å². The molecule has 0 aliphatic rings. The first-order valence-corrected chi connectivity index (χ1v) is 9.30. The van der Waals surface area contributed by atoms with E-state index in [-0.39, 0.29) is 23.5 Å². The lowest BCUT2D eigenvalue weighted by Gasteiger charge is -2.13. The Bertz CT molecular complexity index is 1080. The molecule has 0 atom stereocenters. The third kappa shape index (κ3) is 5.90. The van der Waals surface area contributed by atoms with E-state index in [2.05, 4.69) is 36.1 Å². The number of urea groups is 1. The molecule has 2 amide bonds. The number of alkyl halides is 3. The average molecular weight is 435 g/mol. The standard InChI is InChI=1S/C19H20F3N7O2/c1-11-4-5-13(12(2)10-11)31-9-3-6-25-18(30)29-28-16-14-15(24-8-7-23-14)26-17(27-16)19(20,21)22/h4-5,7-8,10H,3,6,9H2,1-2H3,(H2,25,29,30)(H,24,26,27,28). The number of halogens is 3. The molecular formula is C19H20F3N7O2. The minimum atomic E-state index is -4.78. The number of rotatable bonds is 7. The second-order valence-corrected chi connectivity index (χ2v) is 6.60. The summed E-state index contributed by atoms with van der Waals surface area (Å²) in [4.78, 5) is 26.3. The summed E-state index contributed by atoms with van der Waals surface area (Å²) >= 11 is 0. The van der Waals surface area contributed by atoms with Gasteiger partial charge in [0.25, 0.3) is 0 Å². The van der Waals surface area contributed by atoms with E-state index in [0.29, 0.717) is 13.0 Å². The van der Waals surface area contributed by atoms with Crippen molar-refractivity contribution in [3.8, 4) is 5.75 Å². The van der Waals surface area contributed by atoms with E-state index in [1.165, 1.54) is 12.4 Å². The first kappa shape index (κ1) is 22.0. The number of amides is 2. The molecule has 31 heavy (non-hydrogen) atoms. The summed E-state index contributed by atoms with van der Waals surface area (Å²) in [6.45, 7) is 4.62. The van der Waals surface area contributed by atoms with E-state index >= 15 is 0 Å². The molecule has 3 N–H and O–H groups in total. The quantitative estimate of drug-likeness (QED) is 0.386. The van der Waals surface area contributed by atoms with Gasteiger partial charge in [-0.25, -0.2) is 24.7 Å². The molecule has 0 radical (unpaired) electrons. The Morgan fingerprint density at radius 1 is 1.13 bits per heavy atom. The van der Waals surface area contributed by atoms with Gasteiger partial charge >= 0.3 is 12.2 Å². The molecule has 3 aromatic rings. The highest BCUT2D eigenvalue weighted by Crippen LogP contribution is 2.28. The van der Waals surface area contributed by atoms with Crippen LogP contribution in [0.1, 0.15) is 23.4 Å². The summed E-state index contributed by atoms with van der Waals surface area (Å²) in [7, 11) is 0. The van der Waals surface area contributed by atoms with Crippen molar-refractivity contribution in [1.82, 2.24) is 30.7 Å². The van der Waals surface area contributed by atoms with Crippen LogP contribution in [0.3, 0.4) is 0 Å². The van der Waals surface area contributed by atoms with Crippen LogP contribution in [0.2, 0.25) is 0 Å². The van der Waals surface area contributed by atoms with Gasteiger partial charge in [-0.1, -0.05) is 17.7 Å². The van der Waals surface area contributed by atoms with Crippen molar-refractivity contribution < 1.29 is 22.7 Å². The zero-order valence-electron chi connectivity index (χ0n) is 16.7. The summed E-state index contributed by atoms with van der Waals surface area (Å²) in [5, 5.41) is 2.56. The third-order valence-electron chi connectivity index (χ3n) is 4.08. The Kier molecular flexibility index (Phi) is 6.68. The SMILES string of the molecule is Cc1ccc(OCCCNC(=O)NNc2nc(C(F)(F)F)nc3nccnc23)c(C)c1. The minimum Gasteiger partial charge on any atom is -0.493 e. The fourth-order valence-corrected chi connectivity index (χ4v) is 2.66. The largest absolute Gasteiger partial charge is 0.493 e. The van der Waals surface area contributed by atoms with Crippen molar-refractivity contribution in [1.29, 1.82) is 0 Å². The van der Waals surface area contributed by atoms with Crippen molar-refractivity contribution in [3.63, 3.8) is 0 Å². The van der Waals surface area contributed by atoms with Gasteiger partial charge in [0, 0.05) is 18.9 Å². The van der Waals surface area contributed by atoms with Gasteiger partial charge in [-0.3, -0.25) is 10.9 Å². The number of aromatic nitrogens is 4. The van der Waals surface area contributed by atoms with Crippen LogP contribution in [0, 0.1) is 13.8 Å². The normalized spacial score (nSPS) is 11.3. The van der Waals surface area contributed by atoms with Gasteiger partial charge < -0.3 is 10.1 Å². The topological polar surface area (TPSA) is 114 Å². The van der Waals surface area contributed by atoms with Crippen LogP contribution in [-0.4, -0.2) is 39.1 Å². The second kappa shape index (κ2) is 9.41. The van der Waals surface area contributed by atoms with E-state index < -0.39 is 18.0 Å². The maximum atomic E-state index is 13.0. The lowest BCUT2D eigenvalue weighted by atomic mass is 10.1. The molecule has 2 aromatic heterocycles. The van der Waals surface area contributed by atoms with Gasteiger partial charge in [-0.15, -0.1) is 0 Å². The van der Waals surface area contributed by atoms with Crippen molar-refractivity contribution in [2.45, 2.75) is 26.4 Å². The third-order valence-corrected chi connectivity index (χ3v) is 4.08. The van der Waals surface area contributed by atoms with Gasteiger partial charge in [0.05, 0.1) is 6.61 Å². The summed E-state index contributed by atoms with van der Waals surface area (Å²) in [6.07, 6.45) is -1.76. The number of aryl methyl sites for hydroxylation is 2. The Morgan fingerprint density at radius 3 is 2.65 bits per heavy atom. The summed E-state index contributed by atoms with van der Waals surface area (Å²) in [5.41, 5.74) is 6.45. The van der Waals surface area contributed by atoms with Crippen LogP contribution in [0.15, 0.2) is 30.6 Å². The molecule has 0 aliphatic carbocycles. The molecule has 0 aliphatic heterocycles. The van der Waals surface area contributed by atoms with Crippen molar-refractivity contribution in [3.05, 3.63) is 47.5 Å². The molecule has 0 fully saturated rings. The molecule has 3 rings (SSSR count). The van der Waals surface area contributed by atoms with Gasteiger partial charge in [0.15, 0.2) is 17.0 Å². The first-order valence-electron chi connectivity index (χ1n) is 9.30. The molecular weight excluding hydrogens is 415 g/mol. The predicted molar refractivity (Wildman–Crippen MR) is 106 cm³/mol. The molecule has 12 heteroatoms. The number of nitrogens with one attached hydrogen (secondary N) is 3. The molecule has 0 saturated heterocycles. The Hall–Kier alpha value is -3.70. The number of benzene rings is 1. The highest BCUT2D eigenvalue weighted by atomic mass is 19.4. The molecule has 1 aromatic carbocycles. The van der Waals surface area contributed by atoms with Crippen molar-refractivity contribution >= 4 is 23.0 Å². The van der Waals surface area contributed by atoms with E-state index in [4.69, 9.17) is 4.74 Å². The Morgan fingerprint density at radius 2 is 1.90 bits per heavy atom. The molecule has 0 spiro atoms. The van der Waals surface area contributed by atoms with Crippen LogP contribution in [0.5, 0.6) is 5.75 Å². The smallest absolute Gasteiger partial charge is 0.451 e. The van der Waals surface area contributed by atoms with Crippen LogP contribution in [0.25, 0.3) is 11.2 Å². The number of carbonyl (C=O) groups excluding carboxylic acids is 1. The molecule has 0 saturated carbocycles. The lowest BCUT2D eigenvalue weighted by molar-refractivity contribution is -0.144. The lowest BCUT2D eigenvalue weighted by Crippen LogP contribution is -2.40. The van der Waals surface area contributed by atoms with Gasteiger partial charge in [0.2, 0.25) is 5.82 Å². The van der Waals surface area contributed by atoms with Crippen molar-refractivity contribution in [2.75, 3.05) is 18.6 Å². The zero-order valence-corrected chi connectivity index (χ0v) is 16.7. The second-order valence-electron chi connectivity index (χ2n) is 6.60. The van der Waals surface area contributed by atoms with Crippen LogP contribution in [-0.2, 0) is 6.18 Å². The highest BCUT2D eigenvalue weighted by molar-refractivity contribution is 5.83. The molecule has 2 heterocycles. The number of hydrogen-bond acceptors (Lipinski definition) is 7. The minimum absolute atomic E-state index is 0.0160. The predicted octanol–water partition coefficient (Wildman–Crippen LogP) is 3.15. The number of ether oxygens (including phenoxy) is 1. The number of nitrogens with zero attached hydrogens (tertiary/aromatic N) is 4. The number of fused-ring (bicyclic) bond motifs is 1. The molecule has 164 valence electrons. The molecule has 0 bridgehead atoms. The zero-order chi connectivity index (χ0) is 22.4. The fraction of sp³-hybridized carbons (Fsp3) is 0.316.